The highest BCUT2D eigenvalue weighted by atomic mass is 35.5. The maximum absolute atomic E-state index is 8.67. The molecule has 0 radical (unpaired) electrons. The lowest BCUT2D eigenvalue weighted by Gasteiger charge is -2.15. The van der Waals surface area contributed by atoms with Crippen molar-refractivity contribution in [2.75, 3.05) is 24.6 Å². The van der Waals surface area contributed by atoms with E-state index in [1.807, 2.05) is 19.1 Å². The van der Waals surface area contributed by atoms with Crippen LogP contribution >= 0.6 is 11.6 Å². The molecule has 1 heterocycles. The first-order valence-electron chi connectivity index (χ1n) is 5.24. The Morgan fingerprint density at radius 3 is 2.44 bits per heavy atom. The van der Waals surface area contributed by atoms with Crippen LogP contribution in [0.15, 0.2) is 0 Å². The Labute approximate surface area is 110 Å². The summed E-state index contributed by atoms with van der Waals surface area (Å²) < 4.78 is 5.24. The van der Waals surface area contributed by atoms with Crippen molar-refractivity contribution in [3.8, 4) is 18.1 Å². The lowest BCUT2D eigenvalue weighted by molar-refractivity contribution is 0.291. The van der Waals surface area contributed by atoms with Gasteiger partial charge in [0.15, 0.2) is 0 Å². The van der Waals surface area contributed by atoms with Crippen molar-refractivity contribution in [3.05, 3.63) is 5.28 Å². The van der Waals surface area contributed by atoms with Crippen molar-refractivity contribution in [1.82, 2.24) is 15.0 Å². The topological polar surface area (TPSA) is 98.7 Å². The van der Waals surface area contributed by atoms with Crippen LogP contribution in [-0.4, -0.2) is 34.6 Å². The lowest BCUT2D eigenvalue weighted by atomic mass is 10.5. The van der Waals surface area contributed by atoms with E-state index >= 15 is 0 Å². The smallest absolute Gasteiger partial charge is 0.322 e. The second kappa shape index (κ2) is 7.25. The van der Waals surface area contributed by atoms with Crippen molar-refractivity contribution in [2.45, 2.75) is 13.3 Å². The fraction of sp³-hybridized carbons (Fsp3) is 0.500. The Morgan fingerprint density at radius 1 is 1.22 bits per heavy atom. The molecule has 0 amide bonds. The van der Waals surface area contributed by atoms with Gasteiger partial charge in [-0.05, 0) is 18.0 Å². The van der Waals surface area contributed by atoms with Crippen LogP contribution in [0.1, 0.15) is 13.3 Å². The average molecular weight is 267 g/mol. The molecule has 0 saturated carbocycles. The highest BCUT2D eigenvalue weighted by molar-refractivity contribution is 6.28. The Balaban J connectivity index is 2.96. The van der Waals surface area contributed by atoms with Crippen LogP contribution in [0.3, 0.4) is 0 Å². The maximum Gasteiger partial charge on any atom is 0.322 e. The summed E-state index contributed by atoms with van der Waals surface area (Å²) in [6.07, 6.45) is 0.804. The quantitative estimate of drug-likeness (QED) is 0.713. The zero-order valence-electron chi connectivity index (χ0n) is 9.80. The summed E-state index contributed by atoms with van der Waals surface area (Å²) in [5.74, 6) is 0.157. The average Bonchev–Trinajstić information content (AvgIpc) is 2.35. The molecular formula is C10H11ClN6O. The number of halogens is 1. The van der Waals surface area contributed by atoms with Gasteiger partial charge in [-0.3, -0.25) is 0 Å². The summed E-state index contributed by atoms with van der Waals surface area (Å²) in [5.41, 5.74) is 0. The molecule has 1 rings (SSSR count). The molecule has 0 aliphatic heterocycles. The number of aromatic nitrogens is 3. The molecule has 18 heavy (non-hydrogen) atoms. The zero-order chi connectivity index (χ0) is 13.4. The molecule has 0 aliphatic carbocycles. The molecule has 0 aromatic carbocycles. The van der Waals surface area contributed by atoms with Gasteiger partial charge in [0.2, 0.25) is 11.2 Å². The van der Waals surface area contributed by atoms with Crippen molar-refractivity contribution in [2.24, 2.45) is 0 Å². The van der Waals surface area contributed by atoms with Gasteiger partial charge in [-0.15, -0.1) is 0 Å². The number of hydrogen-bond acceptors (Lipinski definition) is 7. The Morgan fingerprint density at radius 2 is 1.89 bits per heavy atom. The number of nitrogens with zero attached hydrogens (tertiary/aromatic N) is 6. The number of anilines is 1. The second-order valence-electron chi connectivity index (χ2n) is 3.21. The third-order valence-electron chi connectivity index (χ3n) is 1.82. The summed E-state index contributed by atoms with van der Waals surface area (Å²) in [4.78, 5) is 13.1. The monoisotopic (exact) mass is 266 g/mol. The van der Waals surface area contributed by atoms with E-state index in [0.29, 0.717) is 6.61 Å². The van der Waals surface area contributed by atoms with Crippen molar-refractivity contribution < 1.29 is 4.74 Å². The Bertz CT molecular complexity index is 464. The molecule has 0 fully saturated rings. The van der Waals surface area contributed by atoms with E-state index in [9.17, 15) is 0 Å². The van der Waals surface area contributed by atoms with Gasteiger partial charge >= 0.3 is 6.01 Å². The Hall–Kier alpha value is -2.12. The Kier molecular flexibility index (Phi) is 5.62. The summed E-state index contributed by atoms with van der Waals surface area (Å²) in [7, 11) is 0. The fourth-order valence-electron chi connectivity index (χ4n) is 1.09. The molecule has 0 N–H and O–H groups in total. The maximum atomic E-state index is 8.67. The van der Waals surface area contributed by atoms with Crippen LogP contribution < -0.4 is 9.64 Å². The van der Waals surface area contributed by atoms with Gasteiger partial charge in [0, 0.05) is 0 Å². The SMILES string of the molecule is CCCOc1nc(Cl)nc(N(CC#N)CC#N)n1. The van der Waals surface area contributed by atoms with Gasteiger partial charge in [-0.2, -0.15) is 25.5 Å². The van der Waals surface area contributed by atoms with Crippen LogP contribution in [0.2, 0.25) is 5.28 Å². The van der Waals surface area contributed by atoms with Crippen LogP contribution in [-0.2, 0) is 0 Å². The molecule has 0 spiro atoms. The van der Waals surface area contributed by atoms with Crippen LogP contribution in [0.25, 0.3) is 0 Å². The van der Waals surface area contributed by atoms with Crippen LogP contribution in [0.4, 0.5) is 5.95 Å². The number of rotatable bonds is 6. The molecule has 1 aromatic rings. The molecule has 7 nitrogen and oxygen atoms in total. The molecule has 8 heteroatoms. The molecule has 1 aromatic heterocycles. The molecule has 0 bridgehead atoms. The molecule has 0 saturated heterocycles. The van der Waals surface area contributed by atoms with Gasteiger partial charge in [-0.1, -0.05) is 6.92 Å². The first-order valence-corrected chi connectivity index (χ1v) is 5.62. The van der Waals surface area contributed by atoms with Crippen LogP contribution in [0, 0.1) is 22.7 Å². The van der Waals surface area contributed by atoms with Gasteiger partial charge in [0.05, 0.1) is 18.7 Å². The van der Waals surface area contributed by atoms with Crippen molar-refractivity contribution in [3.63, 3.8) is 0 Å². The summed E-state index contributed by atoms with van der Waals surface area (Å²) in [6.45, 7) is 2.37. The summed E-state index contributed by atoms with van der Waals surface area (Å²) >= 11 is 5.74. The van der Waals surface area contributed by atoms with E-state index in [2.05, 4.69) is 15.0 Å². The predicted molar refractivity (Wildman–Crippen MR) is 64.1 cm³/mol. The van der Waals surface area contributed by atoms with Gasteiger partial charge < -0.3 is 9.64 Å². The normalized spacial score (nSPS) is 9.33. The molecule has 0 aliphatic rings. The minimum absolute atomic E-state index is 0.0128. The largest absolute Gasteiger partial charge is 0.463 e. The lowest BCUT2D eigenvalue weighted by Crippen LogP contribution is -2.26. The van der Waals surface area contributed by atoms with Crippen LogP contribution in [0.5, 0.6) is 6.01 Å². The molecule has 94 valence electrons. The van der Waals surface area contributed by atoms with Gasteiger partial charge in [0.1, 0.15) is 13.1 Å². The standard InChI is InChI=1S/C10H11ClN6O/c1-2-7-18-10-15-8(11)14-9(16-10)17(5-3-12)6-4-13/h2,5-7H2,1H3. The second-order valence-corrected chi connectivity index (χ2v) is 3.55. The zero-order valence-corrected chi connectivity index (χ0v) is 10.6. The van der Waals surface area contributed by atoms with Crippen molar-refractivity contribution in [1.29, 1.82) is 10.5 Å². The fourth-order valence-corrected chi connectivity index (χ4v) is 1.24. The number of ether oxygens (including phenoxy) is 1. The summed E-state index contributed by atoms with van der Waals surface area (Å²) in [6, 6.07) is 3.94. The van der Waals surface area contributed by atoms with E-state index < -0.39 is 0 Å². The molecule has 0 atom stereocenters. The highest BCUT2D eigenvalue weighted by Crippen LogP contribution is 2.14. The minimum atomic E-state index is -0.0352. The minimum Gasteiger partial charge on any atom is -0.463 e. The number of nitriles is 2. The molecular weight excluding hydrogens is 256 g/mol. The van der Waals surface area contributed by atoms with E-state index in [4.69, 9.17) is 26.9 Å². The first-order chi connectivity index (χ1) is 8.71. The molecule has 0 unspecified atom stereocenters. The third kappa shape index (κ3) is 4.04. The van der Waals surface area contributed by atoms with E-state index in [1.165, 1.54) is 4.90 Å². The summed E-state index contributed by atoms with van der Waals surface area (Å²) in [5, 5.41) is 17.3. The first kappa shape index (κ1) is 13.9. The highest BCUT2D eigenvalue weighted by Gasteiger charge is 2.13. The number of hydrogen-bond donors (Lipinski definition) is 0. The predicted octanol–water partition coefficient (Wildman–Crippen LogP) is 1.17. The van der Waals surface area contributed by atoms with E-state index in [-0.39, 0.29) is 30.3 Å². The van der Waals surface area contributed by atoms with Crippen molar-refractivity contribution >= 4 is 17.5 Å². The van der Waals surface area contributed by atoms with Gasteiger partial charge in [0.25, 0.3) is 0 Å². The van der Waals surface area contributed by atoms with E-state index in [1.54, 1.807) is 0 Å². The van der Waals surface area contributed by atoms with E-state index in [0.717, 1.165) is 6.42 Å². The van der Waals surface area contributed by atoms with Gasteiger partial charge in [-0.25, -0.2) is 0 Å². The third-order valence-corrected chi connectivity index (χ3v) is 1.99.